The second kappa shape index (κ2) is 6.51. The number of nitrogens with zero attached hydrogens (tertiary/aromatic N) is 2. The van der Waals surface area contributed by atoms with Gasteiger partial charge >= 0.3 is 0 Å². The van der Waals surface area contributed by atoms with Gasteiger partial charge in [-0.05, 0) is 6.92 Å². The summed E-state index contributed by atoms with van der Waals surface area (Å²) in [4.78, 5) is 7.11. The maximum absolute atomic E-state index is 11.5. The van der Waals surface area contributed by atoms with Crippen molar-refractivity contribution in [3.63, 3.8) is 0 Å². The fourth-order valence-electron chi connectivity index (χ4n) is 0.845. The molecule has 0 bridgehead atoms. The van der Waals surface area contributed by atoms with Crippen molar-refractivity contribution in [2.45, 2.75) is 17.7 Å². The Bertz CT molecular complexity index is 380. The molecule has 0 aliphatic heterocycles. The van der Waals surface area contributed by atoms with Crippen LogP contribution in [0.5, 0.6) is 0 Å². The molecule has 0 spiro atoms. The Morgan fingerprint density at radius 3 is 1.94 bits per heavy atom. The molecule has 0 rings (SSSR count). The molecule has 1 atom stereocenters. The zero-order valence-corrected chi connectivity index (χ0v) is 10.9. The van der Waals surface area contributed by atoms with Crippen molar-refractivity contribution in [2.75, 3.05) is 6.61 Å². The number of nitrogens with two attached hydrogens (primary N) is 4. The van der Waals surface area contributed by atoms with Crippen LogP contribution < -0.4 is 22.9 Å². The first-order chi connectivity index (χ1) is 7.70. The number of aliphatic imine (C=N–C) groups is 2. The third-order valence-electron chi connectivity index (χ3n) is 1.40. The Hall–Kier alpha value is -1.20. The van der Waals surface area contributed by atoms with Crippen LogP contribution in [0.15, 0.2) is 9.98 Å². The first-order valence-corrected chi connectivity index (χ1v) is 6.43. The van der Waals surface area contributed by atoms with Crippen LogP contribution >= 0.6 is 12.6 Å². The summed E-state index contributed by atoms with van der Waals surface area (Å²) in [6.45, 7) is 1.46. The van der Waals surface area contributed by atoms with Crippen LogP contribution in [0.3, 0.4) is 0 Å². The highest BCUT2D eigenvalue weighted by Crippen LogP contribution is 2.17. The average Bonchev–Trinajstić information content (AvgIpc) is 2.13. The SMILES string of the molecule is CCOS(=O)(=O)C(S)C(N=C(N)N)N=C(N)N. The first-order valence-electron chi connectivity index (χ1n) is 4.44. The molecule has 0 fully saturated rings. The summed E-state index contributed by atoms with van der Waals surface area (Å²) < 4.78 is 26.2. The van der Waals surface area contributed by atoms with Gasteiger partial charge < -0.3 is 22.9 Å². The minimum Gasteiger partial charge on any atom is -0.370 e. The van der Waals surface area contributed by atoms with Crippen LogP contribution in [0.25, 0.3) is 0 Å². The molecule has 1 unspecified atom stereocenters. The van der Waals surface area contributed by atoms with Gasteiger partial charge in [0, 0.05) is 0 Å². The van der Waals surface area contributed by atoms with Crippen LogP contribution in [-0.2, 0) is 14.3 Å². The number of rotatable bonds is 6. The molecule has 8 N–H and O–H groups in total. The minimum absolute atomic E-state index is 0.0459. The molecule has 17 heavy (non-hydrogen) atoms. The fraction of sp³-hybridized carbons (Fsp3) is 0.667. The number of hydrogen-bond acceptors (Lipinski definition) is 6. The number of hydrogen-bond donors (Lipinski definition) is 5. The molecule has 0 saturated carbocycles. The van der Waals surface area contributed by atoms with Crippen LogP contribution in [0.1, 0.15) is 6.92 Å². The lowest BCUT2D eigenvalue weighted by Gasteiger charge is -2.16. The molecular weight excluding hydrogens is 268 g/mol. The molecular formula is C6H16N6O3S2. The maximum Gasteiger partial charge on any atom is 0.283 e. The molecule has 11 heteroatoms. The maximum atomic E-state index is 11.5. The monoisotopic (exact) mass is 284 g/mol. The largest absolute Gasteiger partial charge is 0.370 e. The molecule has 9 nitrogen and oxygen atoms in total. The Morgan fingerprint density at radius 1 is 1.24 bits per heavy atom. The highest BCUT2D eigenvalue weighted by molar-refractivity contribution is 8.02. The van der Waals surface area contributed by atoms with E-state index in [0.29, 0.717) is 0 Å². The quantitative estimate of drug-likeness (QED) is 0.155. The van der Waals surface area contributed by atoms with Crippen LogP contribution in [0.2, 0.25) is 0 Å². The fourth-order valence-corrected chi connectivity index (χ4v) is 2.05. The first kappa shape index (κ1) is 15.8. The summed E-state index contributed by atoms with van der Waals surface area (Å²) in [5.74, 6) is -0.739. The molecule has 0 saturated heterocycles. The summed E-state index contributed by atoms with van der Waals surface area (Å²) in [6.07, 6.45) is -1.27. The van der Waals surface area contributed by atoms with E-state index in [0.717, 1.165) is 0 Å². The molecule has 0 aliphatic carbocycles. The van der Waals surface area contributed by atoms with Crippen molar-refractivity contribution in [1.29, 1.82) is 0 Å². The topological polar surface area (TPSA) is 172 Å². The van der Waals surface area contributed by atoms with Gasteiger partial charge in [0.15, 0.2) is 22.7 Å². The molecule has 0 aromatic rings. The molecule has 0 heterocycles. The lowest BCUT2D eigenvalue weighted by Crippen LogP contribution is -2.36. The summed E-state index contributed by atoms with van der Waals surface area (Å²) in [5, 5.41) is 0. The second-order valence-corrected chi connectivity index (χ2v) is 5.45. The van der Waals surface area contributed by atoms with Crippen molar-refractivity contribution >= 4 is 34.7 Å². The Kier molecular flexibility index (Phi) is 6.05. The predicted octanol–water partition coefficient (Wildman–Crippen LogP) is -2.52. The summed E-state index contributed by atoms with van der Waals surface area (Å²) in [7, 11) is -3.97. The third kappa shape index (κ3) is 5.60. The smallest absolute Gasteiger partial charge is 0.283 e. The van der Waals surface area contributed by atoms with Gasteiger partial charge in [0.2, 0.25) is 0 Å². The highest BCUT2D eigenvalue weighted by atomic mass is 32.3. The molecule has 0 aromatic carbocycles. The Balaban J connectivity index is 5.21. The van der Waals surface area contributed by atoms with Gasteiger partial charge in [-0.2, -0.15) is 21.0 Å². The van der Waals surface area contributed by atoms with E-state index >= 15 is 0 Å². The van der Waals surface area contributed by atoms with Gasteiger partial charge in [0.1, 0.15) is 0 Å². The van der Waals surface area contributed by atoms with Crippen molar-refractivity contribution in [2.24, 2.45) is 32.9 Å². The molecule has 100 valence electrons. The Morgan fingerprint density at radius 2 is 1.65 bits per heavy atom. The van der Waals surface area contributed by atoms with Gasteiger partial charge in [0.05, 0.1) is 6.61 Å². The summed E-state index contributed by atoms with van der Waals surface area (Å²) >= 11 is 3.84. The summed E-state index contributed by atoms with van der Waals surface area (Å²) in [6, 6.07) is 0. The molecule has 0 aliphatic rings. The Labute approximate surface area is 105 Å². The van der Waals surface area contributed by atoms with Crippen molar-refractivity contribution < 1.29 is 12.6 Å². The van der Waals surface area contributed by atoms with E-state index in [-0.39, 0.29) is 18.5 Å². The lowest BCUT2D eigenvalue weighted by atomic mass is 10.6. The van der Waals surface area contributed by atoms with E-state index in [4.69, 9.17) is 22.9 Å². The van der Waals surface area contributed by atoms with Crippen molar-refractivity contribution in [1.82, 2.24) is 0 Å². The van der Waals surface area contributed by atoms with E-state index in [2.05, 4.69) is 26.8 Å². The number of thiol groups is 1. The van der Waals surface area contributed by atoms with Crippen molar-refractivity contribution in [3.8, 4) is 0 Å². The minimum atomic E-state index is -3.97. The van der Waals surface area contributed by atoms with Gasteiger partial charge in [0.25, 0.3) is 10.1 Å². The van der Waals surface area contributed by atoms with Crippen LogP contribution in [-0.4, -0.2) is 37.7 Å². The van der Waals surface area contributed by atoms with Gasteiger partial charge in [-0.3, -0.25) is 4.18 Å². The summed E-state index contributed by atoms with van der Waals surface area (Å²) in [5.41, 5.74) is 20.5. The van der Waals surface area contributed by atoms with Crippen molar-refractivity contribution in [3.05, 3.63) is 0 Å². The zero-order valence-electron chi connectivity index (χ0n) is 9.15. The van der Waals surface area contributed by atoms with Crippen LogP contribution in [0, 0.1) is 0 Å². The molecule has 0 amide bonds. The van der Waals surface area contributed by atoms with E-state index < -0.39 is 20.9 Å². The predicted molar refractivity (Wildman–Crippen MR) is 68.7 cm³/mol. The zero-order chi connectivity index (χ0) is 13.6. The third-order valence-corrected chi connectivity index (χ3v) is 3.84. The lowest BCUT2D eigenvalue weighted by molar-refractivity contribution is 0.334. The van der Waals surface area contributed by atoms with E-state index in [9.17, 15) is 8.42 Å². The standard InChI is InChI=1S/C6H16N6O3S2/c1-2-15-17(13,14)4(16)3(11-5(7)8)12-6(9)10/h3-4,16H,2H2,1H3,(H4,7,8,11)(H4,9,10,12). The van der Waals surface area contributed by atoms with E-state index in [1.165, 1.54) is 6.92 Å². The van der Waals surface area contributed by atoms with Gasteiger partial charge in [-0.25, -0.2) is 9.98 Å². The van der Waals surface area contributed by atoms with E-state index in [1.54, 1.807) is 0 Å². The average molecular weight is 284 g/mol. The highest BCUT2D eigenvalue weighted by Gasteiger charge is 2.31. The van der Waals surface area contributed by atoms with Gasteiger partial charge in [-0.15, -0.1) is 0 Å². The van der Waals surface area contributed by atoms with E-state index in [1.807, 2.05) is 0 Å². The molecule has 0 radical (unpaired) electrons. The normalized spacial score (nSPS) is 13.1. The second-order valence-electron chi connectivity index (χ2n) is 2.81. The number of guanidine groups is 2. The van der Waals surface area contributed by atoms with Crippen LogP contribution in [0.4, 0.5) is 0 Å². The molecule has 0 aromatic heterocycles. The van der Waals surface area contributed by atoms with Gasteiger partial charge in [-0.1, -0.05) is 0 Å².